The molecule has 0 spiro atoms. The minimum atomic E-state index is 0.408. The first-order valence-corrected chi connectivity index (χ1v) is 7.71. The van der Waals surface area contributed by atoms with Gasteiger partial charge in [-0.15, -0.1) is 0 Å². The Bertz CT molecular complexity index is 509. The van der Waals surface area contributed by atoms with Gasteiger partial charge in [0.05, 0.1) is 0 Å². The summed E-state index contributed by atoms with van der Waals surface area (Å²) in [5.41, 5.74) is 8.43. The maximum atomic E-state index is 5.63. The van der Waals surface area contributed by atoms with Crippen molar-refractivity contribution in [2.45, 2.75) is 27.7 Å². The minimum absolute atomic E-state index is 0.408. The van der Waals surface area contributed by atoms with E-state index in [1.54, 1.807) is 0 Å². The molecule has 0 atom stereocenters. The number of benzene rings is 1. The number of hydrogen-bond donors (Lipinski definition) is 2. The van der Waals surface area contributed by atoms with Crippen LogP contribution in [0.3, 0.4) is 0 Å². The molecule has 1 fully saturated rings. The molecule has 1 aromatic carbocycles. The van der Waals surface area contributed by atoms with Crippen LogP contribution in [0.25, 0.3) is 0 Å². The van der Waals surface area contributed by atoms with Crippen LogP contribution in [0, 0.1) is 16.7 Å². The monoisotopic (exact) mass is 340 g/mol. The molecule has 0 saturated heterocycles. The molecule has 1 aromatic rings. The van der Waals surface area contributed by atoms with E-state index in [1.165, 1.54) is 0 Å². The zero-order valence-corrected chi connectivity index (χ0v) is 14.3. The summed E-state index contributed by atoms with van der Waals surface area (Å²) in [4.78, 5) is 0.428. The van der Waals surface area contributed by atoms with E-state index in [1.807, 2.05) is 18.2 Å². The molecule has 0 bridgehead atoms. The third kappa shape index (κ3) is 2.52. The van der Waals surface area contributed by atoms with Crippen LogP contribution in [0.15, 0.2) is 22.7 Å². The fourth-order valence-corrected chi connectivity index (χ4v) is 3.51. The van der Waals surface area contributed by atoms with Crippen LogP contribution in [0.2, 0.25) is 0 Å². The molecular formula is C15H21BrN2S. The molecule has 0 aliphatic heterocycles. The van der Waals surface area contributed by atoms with Gasteiger partial charge in [-0.05, 0) is 50.9 Å². The Labute approximate surface area is 129 Å². The van der Waals surface area contributed by atoms with E-state index < -0.39 is 0 Å². The van der Waals surface area contributed by atoms with Gasteiger partial charge in [0.25, 0.3) is 0 Å². The van der Waals surface area contributed by atoms with E-state index in [4.69, 9.17) is 18.0 Å². The van der Waals surface area contributed by atoms with Crippen LogP contribution >= 0.6 is 28.1 Å². The molecule has 104 valence electrons. The van der Waals surface area contributed by atoms with Crippen molar-refractivity contribution in [3.8, 4) is 0 Å². The average molecular weight is 341 g/mol. The third-order valence-electron chi connectivity index (χ3n) is 5.07. The van der Waals surface area contributed by atoms with Gasteiger partial charge in [0, 0.05) is 22.3 Å². The molecule has 0 aromatic heterocycles. The van der Waals surface area contributed by atoms with Gasteiger partial charge >= 0.3 is 0 Å². The maximum Gasteiger partial charge on any atom is 0.104 e. The summed E-state index contributed by atoms with van der Waals surface area (Å²) in [7, 11) is 0. The van der Waals surface area contributed by atoms with Crippen LogP contribution in [0.1, 0.15) is 33.3 Å². The Kier molecular flexibility index (Phi) is 3.69. The zero-order chi connectivity index (χ0) is 14.4. The number of nitrogens with one attached hydrogen (secondary N) is 1. The van der Waals surface area contributed by atoms with Gasteiger partial charge < -0.3 is 11.1 Å². The van der Waals surface area contributed by atoms with Crippen molar-refractivity contribution < 1.29 is 0 Å². The van der Waals surface area contributed by atoms with Crippen molar-refractivity contribution in [3.63, 3.8) is 0 Å². The van der Waals surface area contributed by atoms with Gasteiger partial charge in [-0.2, -0.15) is 0 Å². The number of anilines is 1. The molecule has 3 N–H and O–H groups in total. The maximum absolute atomic E-state index is 5.63. The van der Waals surface area contributed by atoms with Gasteiger partial charge in [0.2, 0.25) is 0 Å². The molecule has 2 nitrogen and oxygen atoms in total. The van der Waals surface area contributed by atoms with Gasteiger partial charge in [0.15, 0.2) is 0 Å². The summed E-state index contributed by atoms with van der Waals surface area (Å²) in [6, 6.07) is 5.95. The van der Waals surface area contributed by atoms with Crippen molar-refractivity contribution >= 4 is 38.8 Å². The fourth-order valence-electron chi connectivity index (χ4n) is 2.87. The first kappa shape index (κ1) is 14.8. The second kappa shape index (κ2) is 4.74. The molecule has 4 heteroatoms. The van der Waals surface area contributed by atoms with E-state index in [9.17, 15) is 0 Å². The Morgan fingerprint density at radius 2 is 1.89 bits per heavy atom. The lowest BCUT2D eigenvalue weighted by molar-refractivity contribution is 0.457. The SMILES string of the molecule is CC1(C)C(CNc2ccc(C(N)=S)cc2Br)C1(C)C. The second-order valence-corrected chi connectivity index (χ2v) is 7.73. The summed E-state index contributed by atoms with van der Waals surface area (Å²) in [5, 5.41) is 3.52. The normalized spacial score (nSPS) is 20.1. The van der Waals surface area contributed by atoms with Crippen molar-refractivity contribution in [3.05, 3.63) is 28.2 Å². The summed E-state index contributed by atoms with van der Waals surface area (Å²) in [5.74, 6) is 0.696. The number of nitrogens with two attached hydrogens (primary N) is 1. The van der Waals surface area contributed by atoms with Crippen LogP contribution in [-0.2, 0) is 0 Å². The predicted molar refractivity (Wildman–Crippen MR) is 89.6 cm³/mol. The van der Waals surface area contributed by atoms with Gasteiger partial charge in [0.1, 0.15) is 4.99 Å². The highest BCUT2D eigenvalue weighted by Crippen LogP contribution is 2.68. The zero-order valence-electron chi connectivity index (χ0n) is 11.9. The molecule has 0 amide bonds. The van der Waals surface area contributed by atoms with E-state index in [0.29, 0.717) is 21.7 Å². The Balaban J connectivity index is 2.04. The molecule has 0 heterocycles. The Hall–Kier alpha value is -0.610. The fraction of sp³-hybridized carbons (Fsp3) is 0.533. The largest absolute Gasteiger partial charge is 0.389 e. The van der Waals surface area contributed by atoms with Crippen LogP contribution in [0.4, 0.5) is 5.69 Å². The van der Waals surface area contributed by atoms with E-state index in [-0.39, 0.29) is 0 Å². The van der Waals surface area contributed by atoms with Crippen molar-refractivity contribution in [2.24, 2.45) is 22.5 Å². The Morgan fingerprint density at radius 1 is 1.32 bits per heavy atom. The lowest BCUT2D eigenvalue weighted by atomic mass is 10.0. The lowest BCUT2D eigenvalue weighted by Gasteiger charge is -2.11. The molecule has 0 unspecified atom stereocenters. The summed E-state index contributed by atoms with van der Waals surface area (Å²) >= 11 is 8.54. The highest BCUT2D eigenvalue weighted by atomic mass is 79.9. The third-order valence-corrected chi connectivity index (χ3v) is 5.96. The second-order valence-electron chi connectivity index (χ2n) is 6.44. The average Bonchev–Trinajstić information content (AvgIpc) is 2.68. The van der Waals surface area contributed by atoms with E-state index in [0.717, 1.165) is 22.3 Å². The minimum Gasteiger partial charge on any atom is -0.389 e. The molecule has 0 radical (unpaired) electrons. The number of thiocarbonyl (C=S) groups is 1. The van der Waals surface area contributed by atoms with Gasteiger partial charge in [-0.25, -0.2) is 0 Å². The number of rotatable bonds is 4. The van der Waals surface area contributed by atoms with Gasteiger partial charge in [-0.3, -0.25) is 0 Å². The highest BCUT2D eigenvalue weighted by Gasteiger charge is 2.63. The Morgan fingerprint density at radius 3 is 2.32 bits per heavy atom. The van der Waals surface area contributed by atoms with Crippen molar-refractivity contribution in [1.29, 1.82) is 0 Å². The lowest BCUT2D eigenvalue weighted by Crippen LogP contribution is -2.11. The smallest absolute Gasteiger partial charge is 0.104 e. The molecule has 1 aliphatic carbocycles. The summed E-state index contributed by atoms with van der Waals surface area (Å²) in [6.07, 6.45) is 0. The van der Waals surface area contributed by atoms with Crippen molar-refractivity contribution in [2.75, 3.05) is 11.9 Å². The molecule has 1 aliphatic rings. The topological polar surface area (TPSA) is 38.0 Å². The molecular weight excluding hydrogens is 320 g/mol. The quantitative estimate of drug-likeness (QED) is 0.807. The number of hydrogen-bond acceptors (Lipinski definition) is 2. The van der Waals surface area contributed by atoms with Crippen LogP contribution in [-0.4, -0.2) is 11.5 Å². The van der Waals surface area contributed by atoms with Crippen LogP contribution < -0.4 is 11.1 Å². The summed E-state index contributed by atoms with van der Waals surface area (Å²) < 4.78 is 1.01. The molecule has 2 rings (SSSR count). The van der Waals surface area contributed by atoms with Gasteiger partial charge in [-0.1, -0.05) is 39.9 Å². The van der Waals surface area contributed by atoms with Crippen molar-refractivity contribution in [1.82, 2.24) is 0 Å². The standard InChI is InChI=1S/C15H21BrN2S/c1-14(2)12(15(14,3)4)8-18-11-6-5-9(13(17)19)7-10(11)16/h5-7,12,18H,8H2,1-4H3,(H2,17,19). The highest BCUT2D eigenvalue weighted by molar-refractivity contribution is 9.10. The first-order valence-electron chi connectivity index (χ1n) is 6.51. The van der Waals surface area contributed by atoms with Crippen LogP contribution in [0.5, 0.6) is 0 Å². The predicted octanol–water partition coefficient (Wildman–Crippen LogP) is 4.18. The molecule has 19 heavy (non-hydrogen) atoms. The first-order chi connectivity index (χ1) is 8.68. The van der Waals surface area contributed by atoms with E-state index >= 15 is 0 Å². The molecule has 1 saturated carbocycles. The van der Waals surface area contributed by atoms with E-state index in [2.05, 4.69) is 48.9 Å². The summed E-state index contributed by atoms with van der Waals surface area (Å²) in [6.45, 7) is 10.3. The number of halogens is 1.